The first-order chi connectivity index (χ1) is 13.3. The normalized spacial score (nSPS) is 16.6. The minimum Gasteiger partial charge on any atom is -0.493 e. The lowest BCUT2D eigenvalue weighted by atomic mass is 10.3. The van der Waals surface area contributed by atoms with Gasteiger partial charge in [0.25, 0.3) is 0 Å². The van der Waals surface area contributed by atoms with Crippen LogP contribution in [0.4, 0.5) is 0 Å². The summed E-state index contributed by atoms with van der Waals surface area (Å²) in [6.45, 7) is 0.318. The maximum atomic E-state index is 12.9. The third kappa shape index (κ3) is 3.86. The van der Waals surface area contributed by atoms with Gasteiger partial charge in [0.2, 0.25) is 20.0 Å². The molecule has 1 aliphatic rings. The van der Waals surface area contributed by atoms with E-state index in [1.54, 1.807) is 18.2 Å². The number of hydrogen-bond donors (Lipinski definition) is 0. The Kier molecular flexibility index (Phi) is 5.94. The van der Waals surface area contributed by atoms with Crippen molar-refractivity contribution in [3.8, 4) is 11.5 Å². The second-order valence-electron chi connectivity index (χ2n) is 6.14. The number of benzene rings is 2. The maximum Gasteiger partial charge on any atom is 0.243 e. The van der Waals surface area contributed by atoms with Crippen LogP contribution in [0.1, 0.15) is 0 Å². The molecule has 0 aliphatic carbocycles. The van der Waals surface area contributed by atoms with Gasteiger partial charge in [-0.3, -0.25) is 0 Å². The van der Waals surface area contributed by atoms with Gasteiger partial charge in [-0.05, 0) is 24.3 Å². The van der Waals surface area contributed by atoms with Crippen LogP contribution in [0.25, 0.3) is 0 Å². The molecule has 3 rings (SSSR count). The molecule has 0 unspecified atom stereocenters. The highest BCUT2D eigenvalue weighted by Crippen LogP contribution is 2.31. The van der Waals surface area contributed by atoms with Crippen LogP contribution in [-0.2, 0) is 20.0 Å². The Morgan fingerprint density at radius 2 is 1.18 bits per heavy atom. The van der Waals surface area contributed by atoms with E-state index in [-0.39, 0.29) is 36.0 Å². The standard InChI is InChI=1S/C18H22N2O6S2/c1-25-17-9-8-16(14-18(17)26-2)28(23,24)20-12-10-19(11-13-20)27(21,22)15-6-4-3-5-7-15/h3-9,14H,10-13H2,1-2H3. The molecule has 0 aromatic heterocycles. The summed E-state index contributed by atoms with van der Waals surface area (Å²) in [5, 5.41) is 0. The predicted molar refractivity (Wildman–Crippen MR) is 104 cm³/mol. The van der Waals surface area contributed by atoms with Gasteiger partial charge in [-0.25, -0.2) is 16.8 Å². The van der Waals surface area contributed by atoms with Gasteiger partial charge in [0.15, 0.2) is 11.5 Å². The molecule has 0 atom stereocenters. The molecule has 1 aliphatic heterocycles. The zero-order chi connectivity index (χ0) is 20.4. The van der Waals surface area contributed by atoms with Gasteiger partial charge in [0.05, 0.1) is 24.0 Å². The zero-order valence-corrected chi connectivity index (χ0v) is 17.2. The van der Waals surface area contributed by atoms with Crippen LogP contribution in [0.5, 0.6) is 11.5 Å². The van der Waals surface area contributed by atoms with Crippen LogP contribution < -0.4 is 9.47 Å². The first kappa shape index (κ1) is 20.6. The van der Waals surface area contributed by atoms with Gasteiger partial charge in [0.1, 0.15) is 0 Å². The Morgan fingerprint density at radius 3 is 1.68 bits per heavy atom. The zero-order valence-electron chi connectivity index (χ0n) is 15.6. The summed E-state index contributed by atoms with van der Waals surface area (Å²) in [7, 11) is -4.51. The minimum atomic E-state index is -3.78. The van der Waals surface area contributed by atoms with Crippen LogP contribution in [0.15, 0.2) is 58.3 Å². The predicted octanol–water partition coefficient (Wildman–Crippen LogP) is 1.40. The van der Waals surface area contributed by atoms with E-state index in [0.29, 0.717) is 11.5 Å². The summed E-state index contributed by atoms with van der Waals surface area (Å²) in [6.07, 6.45) is 0. The molecule has 10 heteroatoms. The lowest BCUT2D eigenvalue weighted by molar-refractivity contribution is 0.272. The van der Waals surface area contributed by atoms with Gasteiger partial charge in [-0.15, -0.1) is 0 Å². The fraction of sp³-hybridized carbons (Fsp3) is 0.333. The summed E-state index contributed by atoms with van der Waals surface area (Å²) in [5.41, 5.74) is 0. The van der Waals surface area contributed by atoms with Crippen molar-refractivity contribution in [2.45, 2.75) is 9.79 Å². The number of ether oxygens (including phenoxy) is 2. The van der Waals surface area contributed by atoms with E-state index in [9.17, 15) is 16.8 Å². The number of piperazine rings is 1. The van der Waals surface area contributed by atoms with Crippen LogP contribution in [0.2, 0.25) is 0 Å². The van der Waals surface area contributed by atoms with Gasteiger partial charge in [-0.2, -0.15) is 8.61 Å². The Bertz CT molecular complexity index is 1030. The highest BCUT2D eigenvalue weighted by Gasteiger charge is 2.34. The molecule has 1 heterocycles. The number of methoxy groups -OCH3 is 2. The van der Waals surface area contributed by atoms with Crippen molar-refractivity contribution in [2.75, 3.05) is 40.4 Å². The minimum absolute atomic E-state index is 0.0722. The number of hydrogen-bond acceptors (Lipinski definition) is 6. The molecule has 0 amide bonds. The third-order valence-corrected chi connectivity index (χ3v) is 8.38. The monoisotopic (exact) mass is 426 g/mol. The molecule has 152 valence electrons. The summed E-state index contributed by atoms with van der Waals surface area (Å²) in [5.74, 6) is 0.745. The van der Waals surface area contributed by atoms with E-state index >= 15 is 0 Å². The molecule has 1 fully saturated rings. The van der Waals surface area contributed by atoms with Crippen molar-refractivity contribution in [1.29, 1.82) is 0 Å². The van der Waals surface area contributed by atoms with Crippen LogP contribution in [0.3, 0.4) is 0 Å². The Hall–Kier alpha value is -2.14. The average Bonchev–Trinajstić information content (AvgIpc) is 2.73. The van der Waals surface area contributed by atoms with Crippen LogP contribution >= 0.6 is 0 Å². The smallest absolute Gasteiger partial charge is 0.243 e. The molecular weight excluding hydrogens is 404 g/mol. The molecule has 0 N–H and O–H groups in total. The Labute approximate surface area is 165 Å². The van der Waals surface area contributed by atoms with Gasteiger partial charge in [0, 0.05) is 32.2 Å². The van der Waals surface area contributed by atoms with E-state index in [4.69, 9.17) is 9.47 Å². The molecule has 2 aromatic rings. The molecule has 28 heavy (non-hydrogen) atoms. The number of sulfonamides is 2. The Morgan fingerprint density at radius 1 is 0.679 bits per heavy atom. The topological polar surface area (TPSA) is 93.2 Å². The quantitative estimate of drug-likeness (QED) is 0.693. The molecule has 8 nitrogen and oxygen atoms in total. The first-order valence-corrected chi connectivity index (χ1v) is 11.5. The van der Waals surface area contributed by atoms with Crippen molar-refractivity contribution < 1.29 is 26.3 Å². The van der Waals surface area contributed by atoms with Crippen molar-refractivity contribution in [2.24, 2.45) is 0 Å². The second kappa shape index (κ2) is 8.08. The highest BCUT2D eigenvalue weighted by molar-refractivity contribution is 7.89. The third-order valence-electron chi connectivity index (χ3n) is 4.57. The molecular formula is C18H22N2O6S2. The molecule has 1 saturated heterocycles. The van der Waals surface area contributed by atoms with Crippen LogP contribution in [0, 0.1) is 0 Å². The number of nitrogens with zero attached hydrogens (tertiary/aromatic N) is 2. The van der Waals surface area contributed by atoms with Gasteiger partial charge in [-0.1, -0.05) is 18.2 Å². The fourth-order valence-electron chi connectivity index (χ4n) is 3.02. The van der Waals surface area contributed by atoms with Gasteiger partial charge >= 0.3 is 0 Å². The van der Waals surface area contributed by atoms with E-state index < -0.39 is 20.0 Å². The largest absolute Gasteiger partial charge is 0.493 e. The average molecular weight is 427 g/mol. The first-order valence-electron chi connectivity index (χ1n) is 8.58. The Balaban J connectivity index is 1.77. The number of rotatable bonds is 6. The summed E-state index contributed by atoms with van der Waals surface area (Å²) < 4.78 is 64.2. The van der Waals surface area contributed by atoms with Gasteiger partial charge < -0.3 is 9.47 Å². The summed E-state index contributed by atoms with van der Waals surface area (Å²) in [4.78, 5) is 0.274. The van der Waals surface area contributed by atoms with E-state index in [0.717, 1.165) is 0 Å². The lowest BCUT2D eigenvalue weighted by Gasteiger charge is -2.33. The van der Waals surface area contributed by atoms with E-state index in [2.05, 4.69) is 0 Å². The second-order valence-corrected chi connectivity index (χ2v) is 10.0. The van der Waals surface area contributed by atoms with Crippen molar-refractivity contribution in [1.82, 2.24) is 8.61 Å². The van der Waals surface area contributed by atoms with E-state index in [1.807, 2.05) is 0 Å². The van der Waals surface area contributed by atoms with Crippen molar-refractivity contribution in [3.63, 3.8) is 0 Å². The summed E-state index contributed by atoms with van der Waals surface area (Å²) >= 11 is 0. The SMILES string of the molecule is COc1ccc(S(=O)(=O)N2CCN(S(=O)(=O)c3ccccc3)CC2)cc1OC. The molecule has 0 bridgehead atoms. The summed E-state index contributed by atoms with van der Waals surface area (Å²) in [6, 6.07) is 12.5. The van der Waals surface area contributed by atoms with E-state index in [1.165, 1.54) is 53.2 Å². The fourth-order valence-corrected chi connectivity index (χ4v) is 5.90. The molecule has 0 saturated carbocycles. The maximum absolute atomic E-state index is 12.9. The molecule has 0 spiro atoms. The lowest BCUT2D eigenvalue weighted by Crippen LogP contribution is -2.50. The van der Waals surface area contributed by atoms with Crippen molar-refractivity contribution in [3.05, 3.63) is 48.5 Å². The molecule has 2 aromatic carbocycles. The molecule has 0 radical (unpaired) electrons. The highest BCUT2D eigenvalue weighted by atomic mass is 32.2. The van der Waals surface area contributed by atoms with Crippen molar-refractivity contribution >= 4 is 20.0 Å². The van der Waals surface area contributed by atoms with Crippen LogP contribution in [-0.4, -0.2) is 65.8 Å².